The van der Waals surface area contributed by atoms with Gasteiger partial charge in [0.2, 0.25) is 0 Å². The molecule has 0 bridgehead atoms. The molecule has 1 N–H and O–H groups in total. The molecular formula is C17H26N2S. The molecule has 0 aromatic carbocycles. The lowest BCUT2D eigenvalue weighted by molar-refractivity contribution is 0.322. The van der Waals surface area contributed by atoms with Gasteiger partial charge in [0.1, 0.15) is 5.01 Å². The predicted octanol–water partition coefficient (Wildman–Crippen LogP) is 4.40. The summed E-state index contributed by atoms with van der Waals surface area (Å²) in [7, 11) is 0. The van der Waals surface area contributed by atoms with Crippen LogP contribution in [0.3, 0.4) is 0 Å². The summed E-state index contributed by atoms with van der Waals surface area (Å²) in [5.74, 6) is 0.837. The van der Waals surface area contributed by atoms with Crippen molar-refractivity contribution in [2.75, 3.05) is 0 Å². The maximum absolute atomic E-state index is 5.03. The van der Waals surface area contributed by atoms with E-state index in [0.717, 1.165) is 12.0 Å². The fourth-order valence-electron chi connectivity index (χ4n) is 3.90. The first-order chi connectivity index (χ1) is 9.90. The summed E-state index contributed by atoms with van der Waals surface area (Å²) < 4.78 is 0. The summed E-state index contributed by atoms with van der Waals surface area (Å²) in [6.07, 6.45) is 15.2. The molecule has 3 heteroatoms. The summed E-state index contributed by atoms with van der Waals surface area (Å²) in [5, 5.41) is 5.37. The van der Waals surface area contributed by atoms with Crippen LogP contribution in [0.2, 0.25) is 0 Å². The first-order valence-electron chi connectivity index (χ1n) is 8.64. The van der Waals surface area contributed by atoms with Crippen LogP contribution < -0.4 is 5.32 Å². The van der Waals surface area contributed by atoms with Crippen LogP contribution in [-0.2, 0) is 12.8 Å². The second-order valence-electron chi connectivity index (χ2n) is 6.95. The van der Waals surface area contributed by atoms with Crippen molar-refractivity contribution in [2.45, 2.75) is 82.7 Å². The third kappa shape index (κ3) is 2.80. The molecule has 2 nitrogen and oxygen atoms in total. The second-order valence-corrected chi connectivity index (χ2v) is 8.06. The summed E-state index contributed by atoms with van der Waals surface area (Å²) in [6, 6.07) is 1.36. The van der Waals surface area contributed by atoms with E-state index in [1.54, 1.807) is 4.88 Å². The Hall–Kier alpha value is -0.410. The fraction of sp³-hybridized carbons (Fsp3) is 0.824. The molecule has 1 aromatic rings. The quantitative estimate of drug-likeness (QED) is 0.832. The SMILES string of the molecule is C1CCCC(C(NC2CC2)c2nc3c(s2)CCC3)CC1. The zero-order chi connectivity index (χ0) is 13.4. The highest BCUT2D eigenvalue weighted by Crippen LogP contribution is 2.39. The number of aromatic nitrogens is 1. The zero-order valence-electron chi connectivity index (χ0n) is 12.4. The third-order valence-electron chi connectivity index (χ3n) is 5.24. The van der Waals surface area contributed by atoms with E-state index in [4.69, 9.17) is 4.98 Å². The van der Waals surface area contributed by atoms with E-state index in [1.165, 1.54) is 81.3 Å². The van der Waals surface area contributed by atoms with Crippen molar-refractivity contribution >= 4 is 11.3 Å². The molecular weight excluding hydrogens is 264 g/mol. The van der Waals surface area contributed by atoms with Gasteiger partial charge in [0.15, 0.2) is 0 Å². The predicted molar refractivity (Wildman–Crippen MR) is 84.2 cm³/mol. The highest BCUT2D eigenvalue weighted by atomic mass is 32.1. The van der Waals surface area contributed by atoms with Crippen LogP contribution in [0.5, 0.6) is 0 Å². The number of nitrogens with one attached hydrogen (secondary N) is 1. The molecule has 110 valence electrons. The smallest absolute Gasteiger partial charge is 0.110 e. The number of hydrogen-bond acceptors (Lipinski definition) is 3. The first kappa shape index (κ1) is 13.3. The Morgan fingerprint density at radius 1 is 0.950 bits per heavy atom. The van der Waals surface area contributed by atoms with E-state index in [9.17, 15) is 0 Å². The van der Waals surface area contributed by atoms with E-state index < -0.39 is 0 Å². The third-order valence-corrected chi connectivity index (χ3v) is 6.48. The zero-order valence-corrected chi connectivity index (χ0v) is 13.2. The summed E-state index contributed by atoms with van der Waals surface area (Å²) in [5.41, 5.74) is 1.43. The Morgan fingerprint density at radius 3 is 2.45 bits per heavy atom. The van der Waals surface area contributed by atoms with Crippen molar-refractivity contribution in [3.8, 4) is 0 Å². The summed E-state index contributed by atoms with van der Waals surface area (Å²) in [4.78, 5) is 6.63. The lowest BCUT2D eigenvalue weighted by Gasteiger charge is -2.25. The van der Waals surface area contributed by atoms with Crippen molar-refractivity contribution < 1.29 is 0 Å². The molecule has 0 spiro atoms. The van der Waals surface area contributed by atoms with E-state index in [2.05, 4.69) is 5.32 Å². The molecule has 2 saturated carbocycles. The second kappa shape index (κ2) is 5.76. The van der Waals surface area contributed by atoms with Crippen LogP contribution in [0.25, 0.3) is 0 Å². The van der Waals surface area contributed by atoms with Crippen molar-refractivity contribution in [3.63, 3.8) is 0 Å². The standard InChI is InChI=1S/C17H26N2S/c1-2-4-7-12(6-3-1)16(18-13-10-11-13)17-19-14-8-5-9-15(14)20-17/h12-13,16,18H,1-11H2. The topological polar surface area (TPSA) is 24.9 Å². The molecule has 0 aliphatic heterocycles. The Balaban J connectivity index is 1.56. The average Bonchev–Trinajstić information content (AvgIpc) is 3.10. The maximum Gasteiger partial charge on any atom is 0.110 e. The molecule has 1 unspecified atom stereocenters. The molecule has 1 aromatic heterocycles. The largest absolute Gasteiger partial charge is 0.305 e. The molecule has 3 aliphatic rings. The van der Waals surface area contributed by atoms with Gasteiger partial charge in [0.05, 0.1) is 11.7 Å². The van der Waals surface area contributed by atoms with Crippen LogP contribution >= 0.6 is 11.3 Å². The van der Waals surface area contributed by atoms with Crippen LogP contribution in [-0.4, -0.2) is 11.0 Å². The molecule has 0 radical (unpaired) electrons. The minimum absolute atomic E-state index is 0.566. The number of nitrogens with zero attached hydrogens (tertiary/aromatic N) is 1. The summed E-state index contributed by atoms with van der Waals surface area (Å²) >= 11 is 2.03. The van der Waals surface area contributed by atoms with Gasteiger partial charge in [0, 0.05) is 10.9 Å². The van der Waals surface area contributed by atoms with Gasteiger partial charge in [-0.15, -0.1) is 11.3 Å². The first-order valence-corrected chi connectivity index (χ1v) is 9.46. The van der Waals surface area contributed by atoms with E-state index in [1.807, 2.05) is 11.3 Å². The minimum Gasteiger partial charge on any atom is -0.305 e. The lowest BCUT2D eigenvalue weighted by Crippen LogP contribution is -2.30. The van der Waals surface area contributed by atoms with Gasteiger partial charge in [0.25, 0.3) is 0 Å². The molecule has 0 saturated heterocycles. The Labute approximate surface area is 126 Å². The molecule has 4 rings (SSSR count). The van der Waals surface area contributed by atoms with Crippen LogP contribution in [0.4, 0.5) is 0 Å². The van der Waals surface area contributed by atoms with Gasteiger partial charge in [-0.25, -0.2) is 4.98 Å². The molecule has 20 heavy (non-hydrogen) atoms. The molecule has 2 fully saturated rings. The molecule has 1 atom stereocenters. The Bertz CT molecular complexity index is 434. The van der Waals surface area contributed by atoms with Gasteiger partial charge in [-0.05, 0) is 50.9 Å². The van der Waals surface area contributed by atoms with Crippen LogP contribution in [0, 0.1) is 5.92 Å². The highest BCUT2D eigenvalue weighted by molar-refractivity contribution is 7.11. The Morgan fingerprint density at radius 2 is 1.75 bits per heavy atom. The van der Waals surface area contributed by atoms with Crippen LogP contribution in [0.15, 0.2) is 0 Å². The number of fused-ring (bicyclic) bond motifs is 1. The van der Waals surface area contributed by atoms with Gasteiger partial charge < -0.3 is 5.32 Å². The number of rotatable bonds is 4. The average molecular weight is 290 g/mol. The fourth-order valence-corrected chi connectivity index (χ4v) is 5.21. The molecule has 0 amide bonds. The van der Waals surface area contributed by atoms with Crippen molar-refractivity contribution in [1.29, 1.82) is 0 Å². The normalized spacial score (nSPS) is 25.4. The van der Waals surface area contributed by atoms with E-state index in [-0.39, 0.29) is 0 Å². The monoisotopic (exact) mass is 290 g/mol. The van der Waals surface area contributed by atoms with Crippen molar-refractivity contribution in [1.82, 2.24) is 10.3 Å². The minimum atomic E-state index is 0.566. The van der Waals surface area contributed by atoms with Crippen LogP contribution in [0.1, 0.15) is 79.4 Å². The van der Waals surface area contributed by atoms with E-state index >= 15 is 0 Å². The molecule has 3 aliphatic carbocycles. The van der Waals surface area contributed by atoms with Crippen molar-refractivity contribution in [3.05, 3.63) is 15.6 Å². The number of thiazole rings is 1. The highest BCUT2D eigenvalue weighted by Gasteiger charge is 2.33. The lowest BCUT2D eigenvalue weighted by atomic mass is 9.92. The van der Waals surface area contributed by atoms with E-state index in [0.29, 0.717) is 6.04 Å². The van der Waals surface area contributed by atoms with Crippen molar-refractivity contribution in [2.24, 2.45) is 5.92 Å². The van der Waals surface area contributed by atoms with Gasteiger partial charge >= 0.3 is 0 Å². The van der Waals surface area contributed by atoms with Gasteiger partial charge in [-0.2, -0.15) is 0 Å². The number of aryl methyl sites for hydroxylation is 2. The summed E-state index contributed by atoms with van der Waals surface area (Å²) in [6.45, 7) is 0. The maximum atomic E-state index is 5.03. The molecule has 1 heterocycles. The Kier molecular flexibility index (Phi) is 3.82. The van der Waals surface area contributed by atoms with Gasteiger partial charge in [-0.1, -0.05) is 25.7 Å². The van der Waals surface area contributed by atoms with Gasteiger partial charge in [-0.3, -0.25) is 0 Å². The number of hydrogen-bond donors (Lipinski definition) is 1.